The third kappa shape index (κ3) is 4.72. The van der Waals surface area contributed by atoms with E-state index < -0.39 is 5.97 Å². The Morgan fingerprint density at radius 2 is 2.21 bits per heavy atom. The van der Waals surface area contributed by atoms with Gasteiger partial charge >= 0.3 is 5.97 Å². The Morgan fingerprint density at radius 3 is 2.79 bits per heavy atom. The average Bonchev–Trinajstić information content (AvgIpc) is 2.82. The third-order valence-corrected chi connectivity index (χ3v) is 2.58. The van der Waals surface area contributed by atoms with E-state index in [1.807, 2.05) is 0 Å². The number of carboxylic acids is 1. The first-order valence-corrected chi connectivity index (χ1v) is 5.75. The molecule has 19 heavy (non-hydrogen) atoms. The second-order valence-corrected chi connectivity index (χ2v) is 3.94. The molecule has 2 N–H and O–H groups in total. The van der Waals surface area contributed by atoms with E-state index in [4.69, 9.17) is 14.6 Å². The minimum Gasteiger partial charge on any atom is -0.477 e. The van der Waals surface area contributed by atoms with Gasteiger partial charge in [0.15, 0.2) is 0 Å². The lowest BCUT2D eigenvalue weighted by Crippen LogP contribution is -2.37. The zero-order valence-corrected chi connectivity index (χ0v) is 11.0. The predicted octanol–water partition coefficient (Wildman–Crippen LogP) is -0.0361. The van der Waals surface area contributed by atoms with Crippen molar-refractivity contribution >= 4 is 11.9 Å². The van der Waals surface area contributed by atoms with Crippen molar-refractivity contribution in [3.05, 3.63) is 24.0 Å². The summed E-state index contributed by atoms with van der Waals surface area (Å²) in [6.45, 7) is 0.644. The van der Waals surface area contributed by atoms with Crippen molar-refractivity contribution in [2.75, 3.05) is 27.4 Å². The lowest BCUT2D eigenvalue weighted by atomic mass is 10.3. The minimum absolute atomic E-state index is 0.0436. The molecule has 0 fully saturated rings. The summed E-state index contributed by atoms with van der Waals surface area (Å²) >= 11 is 0. The van der Waals surface area contributed by atoms with Crippen LogP contribution in [0.5, 0.6) is 0 Å². The Hall–Kier alpha value is -1.86. The van der Waals surface area contributed by atoms with Gasteiger partial charge in [0, 0.05) is 27.0 Å². The summed E-state index contributed by atoms with van der Waals surface area (Å²) in [4.78, 5) is 22.6. The maximum atomic E-state index is 11.7. The highest BCUT2D eigenvalue weighted by Gasteiger charge is 2.13. The van der Waals surface area contributed by atoms with E-state index >= 15 is 0 Å². The van der Waals surface area contributed by atoms with Crippen molar-refractivity contribution in [1.82, 2.24) is 9.88 Å². The number of hydrogen-bond donors (Lipinski definition) is 2. The number of amides is 1. The monoisotopic (exact) mass is 270 g/mol. The Labute approximate surface area is 111 Å². The third-order valence-electron chi connectivity index (χ3n) is 2.58. The average molecular weight is 270 g/mol. The van der Waals surface area contributed by atoms with Gasteiger partial charge in [-0.15, -0.1) is 0 Å². The maximum absolute atomic E-state index is 11.7. The smallest absolute Gasteiger partial charge is 0.352 e. The molecule has 0 aliphatic carbocycles. The molecular formula is C12H18N2O5. The molecule has 0 aliphatic rings. The molecule has 0 saturated carbocycles. The fourth-order valence-electron chi connectivity index (χ4n) is 1.58. The van der Waals surface area contributed by atoms with Crippen LogP contribution in [0, 0.1) is 0 Å². The van der Waals surface area contributed by atoms with Crippen LogP contribution in [0.2, 0.25) is 0 Å². The number of hydrogen-bond acceptors (Lipinski definition) is 4. The number of nitrogens with one attached hydrogen (secondary N) is 1. The summed E-state index contributed by atoms with van der Waals surface area (Å²) in [5.74, 6) is -1.34. The van der Waals surface area contributed by atoms with Crippen LogP contribution in [0.1, 0.15) is 10.5 Å². The van der Waals surface area contributed by atoms with Crippen LogP contribution in [-0.2, 0) is 20.8 Å². The molecule has 1 aromatic rings. The van der Waals surface area contributed by atoms with Crippen LogP contribution >= 0.6 is 0 Å². The Bertz CT molecular complexity index is 430. The first-order chi connectivity index (χ1) is 9.08. The molecule has 1 atom stereocenters. The number of nitrogens with zero attached hydrogens (tertiary/aromatic N) is 1. The van der Waals surface area contributed by atoms with E-state index in [1.165, 1.54) is 17.7 Å². The van der Waals surface area contributed by atoms with Crippen molar-refractivity contribution in [1.29, 1.82) is 0 Å². The number of aromatic carboxylic acids is 1. The maximum Gasteiger partial charge on any atom is 0.352 e. The lowest BCUT2D eigenvalue weighted by Gasteiger charge is -2.15. The zero-order valence-electron chi connectivity index (χ0n) is 11.0. The molecule has 0 aromatic carbocycles. The Kier molecular flexibility index (Phi) is 6.04. The van der Waals surface area contributed by atoms with Crippen LogP contribution in [0.25, 0.3) is 0 Å². The summed E-state index contributed by atoms with van der Waals surface area (Å²) in [7, 11) is 3.08. The molecule has 0 bridgehead atoms. The van der Waals surface area contributed by atoms with Crippen molar-refractivity contribution in [2.45, 2.75) is 12.6 Å². The normalized spacial score (nSPS) is 12.1. The van der Waals surface area contributed by atoms with E-state index in [0.29, 0.717) is 13.2 Å². The summed E-state index contributed by atoms with van der Waals surface area (Å²) in [5, 5.41) is 11.6. The number of ether oxygens (including phenoxy) is 2. The van der Waals surface area contributed by atoms with Gasteiger partial charge in [-0.3, -0.25) is 4.79 Å². The lowest BCUT2D eigenvalue weighted by molar-refractivity contribution is -0.122. The molecule has 1 heterocycles. The first kappa shape index (κ1) is 15.2. The molecule has 0 aliphatic heterocycles. The highest BCUT2D eigenvalue weighted by Crippen LogP contribution is 2.01. The number of rotatable bonds is 8. The van der Waals surface area contributed by atoms with E-state index in [2.05, 4.69) is 5.32 Å². The second-order valence-electron chi connectivity index (χ2n) is 3.94. The van der Waals surface area contributed by atoms with E-state index in [9.17, 15) is 9.59 Å². The van der Waals surface area contributed by atoms with Gasteiger partial charge in [0.2, 0.25) is 5.91 Å². The van der Waals surface area contributed by atoms with E-state index in [1.54, 1.807) is 19.4 Å². The molecule has 0 spiro atoms. The molecule has 7 heteroatoms. The predicted molar refractivity (Wildman–Crippen MR) is 67.1 cm³/mol. The highest BCUT2D eigenvalue weighted by molar-refractivity contribution is 5.86. The van der Waals surface area contributed by atoms with Crippen molar-refractivity contribution in [3.63, 3.8) is 0 Å². The number of aromatic nitrogens is 1. The SMILES string of the molecule is COCC(CNC(=O)Cn1cccc1C(=O)O)OC. The van der Waals surface area contributed by atoms with Crippen molar-refractivity contribution in [2.24, 2.45) is 0 Å². The number of carbonyl (C=O) groups excluding carboxylic acids is 1. The fraction of sp³-hybridized carbons (Fsp3) is 0.500. The number of carbonyl (C=O) groups is 2. The quantitative estimate of drug-likeness (QED) is 0.692. The molecule has 1 aromatic heterocycles. The van der Waals surface area contributed by atoms with Gasteiger partial charge < -0.3 is 24.5 Å². The molecular weight excluding hydrogens is 252 g/mol. The van der Waals surface area contributed by atoms with Gasteiger partial charge in [-0.1, -0.05) is 0 Å². The first-order valence-electron chi connectivity index (χ1n) is 5.75. The largest absolute Gasteiger partial charge is 0.477 e. The summed E-state index contributed by atoms with van der Waals surface area (Å²) in [6, 6.07) is 3.03. The van der Waals surface area contributed by atoms with Gasteiger partial charge in [0.25, 0.3) is 0 Å². The molecule has 0 saturated heterocycles. The fourth-order valence-corrected chi connectivity index (χ4v) is 1.58. The zero-order chi connectivity index (χ0) is 14.3. The van der Waals surface area contributed by atoms with Crippen LogP contribution < -0.4 is 5.32 Å². The topological polar surface area (TPSA) is 89.8 Å². The van der Waals surface area contributed by atoms with Crippen molar-refractivity contribution in [3.8, 4) is 0 Å². The number of carboxylic acid groups (broad SMARTS) is 1. The molecule has 1 amide bonds. The molecule has 7 nitrogen and oxygen atoms in total. The van der Waals surface area contributed by atoms with Gasteiger partial charge in [-0.2, -0.15) is 0 Å². The van der Waals surface area contributed by atoms with Crippen LogP contribution in [0.3, 0.4) is 0 Å². The van der Waals surface area contributed by atoms with E-state index in [0.717, 1.165) is 0 Å². The Balaban J connectivity index is 2.47. The van der Waals surface area contributed by atoms with Crippen molar-refractivity contribution < 1.29 is 24.2 Å². The van der Waals surface area contributed by atoms with E-state index in [-0.39, 0.29) is 24.2 Å². The van der Waals surface area contributed by atoms with Crippen LogP contribution in [-0.4, -0.2) is 55.0 Å². The van der Waals surface area contributed by atoms with Gasteiger partial charge in [-0.05, 0) is 12.1 Å². The highest BCUT2D eigenvalue weighted by atomic mass is 16.5. The van der Waals surface area contributed by atoms with Gasteiger partial charge in [0.1, 0.15) is 12.2 Å². The summed E-state index contributed by atoms with van der Waals surface area (Å²) < 4.78 is 11.4. The number of methoxy groups -OCH3 is 2. The molecule has 0 radical (unpaired) electrons. The summed E-state index contributed by atoms with van der Waals surface area (Å²) in [5.41, 5.74) is 0.0790. The standard InChI is InChI=1S/C12H18N2O5/c1-18-8-9(19-2)6-13-11(15)7-14-5-3-4-10(14)12(16)17/h3-5,9H,6-8H2,1-2H3,(H,13,15)(H,16,17). The van der Waals surface area contributed by atoms with Gasteiger partial charge in [0.05, 0.1) is 12.7 Å². The Morgan fingerprint density at radius 1 is 1.47 bits per heavy atom. The second kappa shape index (κ2) is 7.55. The molecule has 1 unspecified atom stereocenters. The molecule has 106 valence electrons. The van der Waals surface area contributed by atoms with Crippen LogP contribution in [0.15, 0.2) is 18.3 Å². The van der Waals surface area contributed by atoms with Crippen LogP contribution in [0.4, 0.5) is 0 Å². The molecule has 1 rings (SSSR count). The van der Waals surface area contributed by atoms with Gasteiger partial charge in [-0.25, -0.2) is 4.79 Å². The minimum atomic E-state index is -1.06. The summed E-state index contributed by atoms with van der Waals surface area (Å²) in [6.07, 6.45) is 1.32.